The van der Waals surface area contributed by atoms with Gasteiger partial charge in [0.2, 0.25) is 0 Å². The van der Waals surface area contributed by atoms with E-state index in [-0.39, 0.29) is 0 Å². The van der Waals surface area contributed by atoms with Crippen LogP contribution in [0.2, 0.25) is 0 Å². The molecule has 0 heterocycles. The Morgan fingerprint density at radius 3 is 2.73 bits per heavy atom. The van der Waals surface area contributed by atoms with Crippen molar-refractivity contribution >= 4 is 0 Å². The van der Waals surface area contributed by atoms with Crippen LogP contribution in [0.3, 0.4) is 0 Å². The monoisotopic (exact) mass is 354 g/mol. The van der Waals surface area contributed by atoms with Crippen molar-refractivity contribution in [3.8, 4) is 5.75 Å². The van der Waals surface area contributed by atoms with E-state index in [2.05, 4.69) is 45.9 Å². The number of hydrogen-bond donors (Lipinski definition) is 1. The van der Waals surface area contributed by atoms with Crippen LogP contribution in [0, 0.1) is 34.5 Å². The molecule has 142 valence electrons. The van der Waals surface area contributed by atoms with E-state index < -0.39 is 5.60 Å². The molecule has 3 saturated carbocycles. The Balaban J connectivity index is 1.57. The summed E-state index contributed by atoms with van der Waals surface area (Å²) in [6.07, 6.45) is 6.40. The zero-order valence-corrected chi connectivity index (χ0v) is 17.0. The van der Waals surface area contributed by atoms with Gasteiger partial charge in [-0.05, 0) is 110 Å². The lowest BCUT2D eigenvalue weighted by atomic mass is 9.48. The number of methoxy groups -OCH3 is 1. The number of hydrogen-bond acceptors (Lipinski definition) is 2. The van der Waals surface area contributed by atoms with Crippen molar-refractivity contribution in [1.82, 2.24) is 0 Å². The van der Waals surface area contributed by atoms with E-state index in [1.165, 1.54) is 37.7 Å². The van der Waals surface area contributed by atoms with E-state index in [0.717, 1.165) is 23.5 Å². The fourth-order valence-corrected chi connectivity index (χ4v) is 8.44. The zero-order chi connectivity index (χ0) is 18.5. The molecule has 2 nitrogen and oxygen atoms in total. The number of rotatable bonds is 2. The molecule has 1 spiro atoms. The van der Waals surface area contributed by atoms with Crippen LogP contribution in [0.5, 0.6) is 5.75 Å². The highest BCUT2D eigenvalue weighted by Gasteiger charge is 2.78. The van der Waals surface area contributed by atoms with Crippen LogP contribution in [0.1, 0.15) is 70.4 Å². The SMILES string of the molecule is COc1ccc2c(c1)C[C@@H](C)[C@@H]1[C@@H]2CC[C@]2(C)[C@H](C(C)(C)O)C[C@@H]3C[C@@]312. The van der Waals surface area contributed by atoms with Crippen molar-refractivity contribution < 1.29 is 9.84 Å². The first kappa shape index (κ1) is 17.1. The van der Waals surface area contributed by atoms with E-state index in [1.54, 1.807) is 12.7 Å². The fraction of sp³-hybridized carbons (Fsp3) is 0.750. The van der Waals surface area contributed by atoms with Crippen LogP contribution in [-0.2, 0) is 6.42 Å². The summed E-state index contributed by atoms with van der Waals surface area (Å²) >= 11 is 0. The Hall–Kier alpha value is -1.02. The molecule has 0 saturated heterocycles. The van der Waals surface area contributed by atoms with Crippen molar-refractivity contribution in [2.45, 2.75) is 71.3 Å². The van der Waals surface area contributed by atoms with Gasteiger partial charge >= 0.3 is 0 Å². The molecule has 5 rings (SSSR count). The van der Waals surface area contributed by atoms with Crippen LogP contribution >= 0.6 is 0 Å². The molecule has 26 heavy (non-hydrogen) atoms. The van der Waals surface area contributed by atoms with E-state index in [4.69, 9.17) is 4.74 Å². The third-order valence-electron chi connectivity index (χ3n) is 9.27. The molecule has 1 aromatic carbocycles. The highest BCUT2D eigenvalue weighted by molar-refractivity contribution is 5.43. The zero-order valence-electron chi connectivity index (χ0n) is 17.0. The summed E-state index contributed by atoms with van der Waals surface area (Å²) in [5, 5.41) is 10.9. The second-order valence-electron chi connectivity index (χ2n) is 10.7. The summed E-state index contributed by atoms with van der Waals surface area (Å²) in [6.45, 7) is 9.14. The van der Waals surface area contributed by atoms with E-state index in [1.807, 2.05) is 0 Å². The molecule has 3 fully saturated rings. The molecule has 0 unspecified atom stereocenters. The van der Waals surface area contributed by atoms with Gasteiger partial charge in [-0.1, -0.05) is 19.9 Å². The van der Waals surface area contributed by atoms with Gasteiger partial charge in [-0.25, -0.2) is 0 Å². The van der Waals surface area contributed by atoms with Gasteiger partial charge in [0.05, 0.1) is 12.7 Å². The van der Waals surface area contributed by atoms with Gasteiger partial charge in [-0.2, -0.15) is 0 Å². The van der Waals surface area contributed by atoms with Gasteiger partial charge in [0.15, 0.2) is 0 Å². The first-order chi connectivity index (χ1) is 12.2. The fourth-order valence-electron chi connectivity index (χ4n) is 8.44. The lowest BCUT2D eigenvalue weighted by Gasteiger charge is -2.57. The molecule has 2 heteroatoms. The molecule has 4 aliphatic carbocycles. The van der Waals surface area contributed by atoms with E-state index in [9.17, 15) is 5.11 Å². The van der Waals surface area contributed by atoms with Gasteiger partial charge in [0, 0.05) is 0 Å². The molecule has 1 aromatic rings. The van der Waals surface area contributed by atoms with Gasteiger partial charge in [0.25, 0.3) is 0 Å². The van der Waals surface area contributed by atoms with Gasteiger partial charge in [-0.3, -0.25) is 0 Å². The maximum Gasteiger partial charge on any atom is 0.119 e. The molecule has 0 amide bonds. The Labute approximate surface area is 158 Å². The highest BCUT2D eigenvalue weighted by Crippen LogP contribution is 2.84. The average molecular weight is 355 g/mol. The summed E-state index contributed by atoms with van der Waals surface area (Å²) in [5.74, 6) is 4.53. The molecular weight excluding hydrogens is 320 g/mol. The highest BCUT2D eigenvalue weighted by atomic mass is 16.5. The lowest BCUT2D eigenvalue weighted by molar-refractivity contribution is -0.100. The Bertz CT molecular complexity index is 747. The van der Waals surface area contributed by atoms with Crippen LogP contribution in [0.25, 0.3) is 0 Å². The predicted molar refractivity (Wildman–Crippen MR) is 104 cm³/mol. The van der Waals surface area contributed by atoms with Crippen molar-refractivity contribution in [3.05, 3.63) is 29.3 Å². The summed E-state index contributed by atoms with van der Waals surface area (Å²) in [6, 6.07) is 6.80. The molecule has 1 N–H and O–H groups in total. The molecular formula is C24H34O2. The average Bonchev–Trinajstić information content (AvgIpc) is 3.23. The van der Waals surface area contributed by atoms with Crippen molar-refractivity contribution in [1.29, 1.82) is 0 Å². The van der Waals surface area contributed by atoms with Crippen molar-refractivity contribution in [2.75, 3.05) is 7.11 Å². The third-order valence-corrected chi connectivity index (χ3v) is 9.27. The first-order valence-corrected chi connectivity index (χ1v) is 10.6. The third kappa shape index (κ3) is 1.92. The standard InChI is InChI=1S/C24H34O2/c1-14-10-15-11-17(26-5)6-7-18(15)19-8-9-23(4)20(22(2,3)25)12-16-13-24(16,23)21(14)19/h6-7,11,14,16,19-21,25H,8-10,12-13H2,1-5H3/t14-,16-,19-,20+,21-,23-,24-/m1/s1. The first-order valence-electron chi connectivity index (χ1n) is 10.6. The summed E-state index contributed by atoms with van der Waals surface area (Å²) in [7, 11) is 1.77. The number of benzene rings is 1. The van der Waals surface area contributed by atoms with Crippen molar-refractivity contribution in [2.24, 2.45) is 34.5 Å². The Morgan fingerprint density at radius 2 is 2.04 bits per heavy atom. The smallest absolute Gasteiger partial charge is 0.119 e. The molecule has 4 aliphatic rings. The van der Waals surface area contributed by atoms with Crippen LogP contribution in [0.15, 0.2) is 18.2 Å². The molecule has 7 atom stereocenters. The Kier molecular flexibility index (Phi) is 3.33. The number of aliphatic hydroxyl groups is 1. The van der Waals surface area contributed by atoms with E-state index in [0.29, 0.717) is 22.7 Å². The topological polar surface area (TPSA) is 29.5 Å². The Morgan fingerprint density at radius 1 is 1.27 bits per heavy atom. The normalized spacial score (nSPS) is 46.0. The summed E-state index contributed by atoms with van der Waals surface area (Å²) in [5.41, 5.74) is 3.37. The minimum Gasteiger partial charge on any atom is -0.497 e. The lowest BCUT2D eigenvalue weighted by Crippen LogP contribution is -2.52. The van der Waals surface area contributed by atoms with Crippen LogP contribution in [-0.4, -0.2) is 17.8 Å². The predicted octanol–water partition coefficient (Wildman–Crippen LogP) is 5.18. The van der Waals surface area contributed by atoms with Gasteiger partial charge in [-0.15, -0.1) is 0 Å². The van der Waals surface area contributed by atoms with E-state index >= 15 is 0 Å². The summed E-state index contributed by atoms with van der Waals surface area (Å²) < 4.78 is 5.49. The van der Waals surface area contributed by atoms with Gasteiger partial charge < -0.3 is 9.84 Å². The summed E-state index contributed by atoms with van der Waals surface area (Å²) in [4.78, 5) is 0. The second kappa shape index (κ2) is 5.07. The van der Waals surface area contributed by atoms with Crippen molar-refractivity contribution in [3.63, 3.8) is 0 Å². The second-order valence-corrected chi connectivity index (χ2v) is 10.7. The number of fused-ring (bicyclic) bond motifs is 3. The molecule has 0 aliphatic heterocycles. The van der Waals surface area contributed by atoms with Crippen LogP contribution in [0.4, 0.5) is 0 Å². The maximum absolute atomic E-state index is 10.9. The minimum absolute atomic E-state index is 0.315. The van der Waals surface area contributed by atoms with Crippen LogP contribution < -0.4 is 4.74 Å². The molecule has 0 aromatic heterocycles. The largest absolute Gasteiger partial charge is 0.497 e. The molecule has 0 bridgehead atoms. The molecule has 0 radical (unpaired) electrons. The van der Waals surface area contributed by atoms with Gasteiger partial charge in [0.1, 0.15) is 5.75 Å². The minimum atomic E-state index is -0.550. The quantitative estimate of drug-likeness (QED) is 0.792. The number of ether oxygens (including phenoxy) is 1. The maximum atomic E-state index is 10.9.